The summed E-state index contributed by atoms with van der Waals surface area (Å²) in [6.07, 6.45) is 4.26. The zero-order chi connectivity index (χ0) is 17.9. The Balaban J connectivity index is 2.36. The van der Waals surface area contributed by atoms with Crippen LogP contribution in [0, 0.1) is 0 Å². The van der Waals surface area contributed by atoms with Crippen molar-refractivity contribution in [1.29, 1.82) is 0 Å². The zero-order valence-electron chi connectivity index (χ0n) is 14.6. The molecule has 2 N–H and O–H groups in total. The second-order valence-corrected chi connectivity index (χ2v) is 5.80. The molecule has 1 aromatic carbocycles. The summed E-state index contributed by atoms with van der Waals surface area (Å²) in [5, 5.41) is 5.42. The summed E-state index contributed by atoms with van der Waals surface area (Å²) in [4.78, 5) is 34.6. The Morgan fingerprint density at radius 2 is 1.79 bits per heavy atom. The average molecular weight is 334 g/mol. The molecule has 0 fully saturated rings. The molecule has 0 saturated carbocycles. The molecule has 6 nitrogen and oxygen atoms in total. The van der Waals surface area contributed by atoms with Gasteiger partial charge in [0.1, 0.15) is 0 Å². The monoisotopic (exact) mass is 334 g/mol. The second-order valence-electron chi connectivity index (χ2n) is 5.80. The zero-order valence-corrected chi connectivity index (χ0v) is 14.6. The molecule has 2 amide bonds. The largest absolute Gasteiger partial charge is 0.452 e. The van der Waals surface area contributed by atoms with Gasteiger partial charge >= 0.3 is 5.97 Å². The van der Waals surface area contributed by atoms with E-state index in [1.807, 2.05) is 6.92 Å². The van der Waals surface area contributed by atoms with Gasteiger partial charge in [0.05, 0.1) is 5.56 Å². The highest BCUT2D eigenvalue weighted by Gasteiger charge is 2.12. The first-order chi connectivity index (χ1) is 11.4. The van der Waals surface area contributed by atoms with E-state index < -0.39 is 5.97 Å². The number of anilines is 1. The number of unbranched alkanes of at least 4 members (excludes halogenated alkanes) is 2. The van der Waals surface area contributed by atoms with Crippen molar-refractivity contribution in [3.8, 4) is 0 Å². The van der Waals surface area contributed by atoms with Crippen molar-refractivity contribution in [1.82, 2.24) is 5.32 Å². The number of carbonyl (C=O) groups is 3. The molecule has 24 heavy (non-hydrogen) atoms. The van der Waals surface area contributed by atoms with E-state index in [-0.39, 0.29) is 24.5 Å². The Morgan fingerprint density at radius 3 is 2.38 bits per heavy atom. The number of esters is 1. The fraction of sp³-hybridized carbons (Fsp3) is 0.500. The van der Waals surface area contributed by atoms with Gasteiger partial charge in [0.25, 0.3) is 5.91 Å². The SMILES string of the molecule is CCCCC[C@H](C)NC(=O)COC(=O)c1ccc(NC(C)=O)cc1. The third kappa shape index (κ3) is 7.76. The van der Waals surface area contributed by atoms with E-state index in [0.29, 0.717) is 11.3 Å². The van der Waals surface area contributed by atoms with Gasteiger partial charge in [0.15, 0.2) is 6.61 Å². The van der Waals surface area contributed by atoms with Crippen molar-refractivity contribution in [3.05, 3.63) is 29.8 Å². The number of hydrogen-bond donors (Lipinski definition) is 2. The van der Waals surface area contributed by atoms with E-state index in [1.54, 1.807) is 24.3 Å². The number of amides is 2. The van der Waals surface area contributed by atoms with Gasteiger partial charge in [-0.1, -0.05) is 26.2 Å². The summed E-state index contributed by atoms with van der Waals surface area (Å²) in [5.74, 6) is -1.06. The first-order valence-corrected chi connectivity index (χ1v) is 8.26. The van der Waals surface area contributed by atoms with Crippen LogP contribution in [-0.2, 0) is 14.3 Å². The molecule has 1 aromatic rings. The van der Waals surface area contributed by atoms with Gasteiger partial charge in [0, 0.05) is 18.7 Å². The molecule has 0 bridgehead atoms. The lowest BCUT2D eigenvalue weighted by molar-refractivity contribution is -0.124. The van der Waals surface area contributed by atoms with Crippen LogP contribution in [-0.4, -0.2) is 30.4 Å². The second kappa shape index (κ2) is 10.4. The van der Waals surface area contributed by atoms with Crippen molar-refractivity contribution in [2.24, 2.45) is 0 Å². The average Bonchev–Trinajstić information content (AvgIpc) is 2.53. The Labute approximate surface area is 143 Å². The van der Waals surface area contributed by atoms with Gasteiger partial charge in [-0.3, -0.25) is 9.59 Å². The van der Waals surface area contributed by atoms with E-state index in [0.717, 1.165) is 25.7 Å². The molecule has 0 unspecified atom stereocenters. The van der Waals surface area contributed by atoms with E-state index >= 15 is 0 Å². The molecular formula is C18H26N2O4. The van der Waals surface area contributed by atoms with Crippen LogP contribution in [0.15, 0.2) is 24.3 Å². The van der Waals surface area contributed by atoms with Gasteiger partial charge in [-0.2, -0.15) is 0 Å². The Morgan fingerprint density at radius 1 is 1.12 bits per heavy atom. The highest BCUT2D eigenvalue weighted by Crippen LogP contribution is 2.10. The molecule has 0 saturated heterocycles. The van der Waals surface area contributed by atoms with Crippen LogP contribution in [0.25, 0.3) is 0 Å². The minimum Gasteiger partial charge on any atom is -0.452 e. The number of hydrogen-bond acceptors (Lipinski definition) is 4. The van der Waals surface area contributed by atoms with Gasteiger partial charge in [0.2, 0.25) is 5.91 Å². The lowest BCUT2D eigenvalue weighted by atomic mass is 10.1. The molecular weight excluding hydrogens is 308 g/mol. The number of nitrogens with one attached hydrogen (secondary N) is 2. The Bertz CT molecular complexity index is 555. The summed E-state index contributed by atoms with van der Waals surface area (Å²) in [6.45, 7) is 5.18. The number of carbonyl (C=O) groups excluding carboxylic acids is 3. The molecule has 0 aliphatic heterocycles. The fourth-order valence-electron chi connectivity index (χ4n) is 2.20. The van der Waals surface area contributed by atoms with Crippen LogP contribution in [0.3, 0.4) is 0 Å². The predicted octanol–water partition coefficient (Wildman–Crippen LogP) is 2.89. The standard InChI is InChI=1S/C18H26N2O4/c1-4-5-6-7-13(2)19-17(22)12-24-18(23)15-8-10-16(11-9-15)20-14(3)21/h8-11,13H,4-7,12H2,1-3H3,(H,19,22)(H,20,21)/t13-/m0/s1. The van der Waals surface area contributed by atoms with Crippen molar-refractivity contribution in [3.63, 3.8) is 0 Å². The highest BCUT2D eigenvalue weighted by molar-refractivity contribution is 5.93. The van der Waals surface area contributed by atoms with E-state index in [9.17, 15) is 14.4 Å². The number of ether oxygens (including phenoxy) is 1. The molecule has 0 radical (unpaired) electrons. The maximum absolute atomic E-state index is 11.9. The van der Waals surface area contributed by atoms with Crippen LogP contribution in [0.5, 0.6) is 0 Å². The molecule has 0 spiro atoms. The summed E-state index contributed by atoms with van der Waals surface area (Å²) in [6, 6.07) is 6.36. The summed E-state index contributed by atoms with van der Waals surface area (Å²) >= 11 is 0. The quantitative estimate of drug-likeness (QED) is 0.537. The van der Waals surface area contributed by atoms with Crippen LogP contribution in [0.1, 0.15) is 56.8 Å². The lowest BCUT2D eigenvalue weighted by Crippen LogP contribution is -2.35. The van der Waals surface area contributed by atoms with E-state index in [4.69, 9.17) is 4.74 Å². The molecule has 1 rings (SSSR count). The van der Waals surface area contributed by atoms with Gasteiger partial charge in [-0.15, -0.1) is 0 Å². The van der Waals surface area contributed by atoms with Gasteiger partial charge in [-0.05, 0) is 37.6 Å². The van der Waals surface area contributed by atoms with Gasteiger partial charge < -0.3 is 15.4 Å². The van der Waals surface area contributed by atoms with E-state index in [1.165, 1.54) is 6.92 Å². The Kier molecular flexibility index (Phi) is 8.54. The maximum atomic E-state index is 11.9. The van der Waals surface area contributed by atoms with Crippen LogP contribution in [0.4, 0.5) is 5.69 Å². The Hall–Kier alpha value is -2.37. The number of rotatable bonds is 9. The first kappa shape index (κ1) is 19.7. The number of benzene rings is 1. The molecule has 0 aliphatic carbocycles. The molecule has 0 aliphatic rings. The minimum atomic E-state index is -0.571. The third-order valence-electron chi connectivity index (χ3n) is 3.42. The fourth-order valence-corrected chi connectivity index (χ4v) is 2.20. The van der Waals surface area contributed by atoms with Crippen molar-refractivity contribution >= 4 is 23.5 Å². The van der Waals surface area contributed by atoms with Gasteiger partial charge in [-0.25, -0.2) is 4.79 Å². The van der Waals surface area contributed by atoms with Crippen LogP contribution < -0.4 is 10.6 Å². The van der Waals surface area contributed by atoms with E-state index in [2.05, 4.69) is 17.6 Å². The molecule has 132 valence electrons. The van der Waals surface area contributed by atoms with Crippen molar-refractivity contribution in [2.75, 3.05) is 11.9 Å². The normalized spacial score (nSPS) is 11.5. The molecule has 0 heterocycles. The topological polar surface area (TPSA) is 84.5 Å². The maximum Gasteiger partial charge on any atom is 0.338 e. The lowest BCUT2D eigenvalue weighted by Gasteiger charge is -2.13. The molecule has 0 aromatic heterocycles. The first-order valence-electron chi connectivity index (χ1n) is 8.26. The summed E-state index contributed by atoms with van der Waals surface area (Å²) < 4.78 is 5.00. The van der Waals surface area contributed by atoms with Crippen LogP contribution >= 0.6 is 0 Å². The van der Waals surface area contributed by atoms with Crippen LogP contribution in [0.2, 0.25) is 0 Å². The highest BCUT2D eigenvalue weighted by atomic mass is 16.5. The van der Waals surface area contributed by atoms with Crippen molar-refractivity contribution < 1.29 is 19.1 Å². The summed E-state index contributed by atoms with van der Waals surface area (Å²) in [7, 11) is 0. The van der Waals surface area contributed by atoms with Crippen molar-refractivity contribution in [2.45, 2.75) is 52.5 Å². The smallest absolute Gasteiger partial charge is 0.338 e. The molecule has 6 heteroatoms. The predicted molar refractivity (Wildman–Crippen MR) is 92.8 cm³/mol. The third-order valence-corrected chi connectivity index (χ3v) is 3.42. The molecule has 1 atom stereocenters. The summed E-state index contributed by atoms with van der Waals surface area (Å²) in [5.41, 5.74) is 0.922. The minimum absolute atomic E-state index is 0.0692.